The van der Waals surface area contributed by atoms with Gasteiger partial charge in [0, 0.05) is 43.6 Å². The molecular weight excluding hydrogens is 705 g/mol. The van der Waals surface area contributed by atoms with E-state index in [2.05, 4.69) is 69.8 Å². The largest absolute Gasteiger partial charge is 0.467 e. The summed E-state index contributed by atoms with van der Waals surface area (Å²) in [5, 5.41) is 15.4. The average Bonchev–Trinajstić information content (AvgIpc) is 3.93. The molecule has 296 valence electrons. The lowest BCUT2D eigenvalue weighted by molar-refractivity contribution is -0.276. The number of amides is 2. The molecule has 3 aliphatic rings. The molecule has 4 aromatic carbocycles. The number of esters is 1. The van der Waals surface area contributed by atoms with Crippen molar-refractivity contribution in [2.24, 2.45) is 5.92 Å². The van der Waals surface area contributed by atoms with E-state index < -0.39 is 24.3 Å². The lowest BCUT2D eigenvalue weighted by Crippen LogP contribution is -2.48. The number of carbonyl (C=O) groups excluding carboxylic acids is 2. The van der Waals surface area contributed by atoms with Crippen molar-refractivity contribution >= 4 is 12.0 Å². The van der Waals surface area contributed by atoms with E-state index in [-0.39, 0.29) is 31.3 Å². The fraction of sp³-hybridized carbons (Fsp3) is 0.435. The number of aliphatic hydroxyl groups excluding tert-OH is 1. The zero-order chi connectivity index (χ0) is 38.9. The van der Waals surface area contributed by atoms with Gasteiger partial charge in [-0.15, -0.1) is 0 Å². The van der Waals surface area contributed by atoms with E-state index in [4.69, 9.17) is 14.2 Å². The first-order valence-corrected chi connectivity index (χ1v) is 20.2. The van der Waals surface area contributed by atoms with Gasteiger partial charge in [0.1, 0.15) is 6.04 Å². The topological polar surface area (TPSA) is 113 Å². The molecule has 0 radical (unpaired) electrons. The van der Waals surface area contributed by atoms with Crippen LogP contribution in [-0.4, -0.2) is 84.9 Å². The third-order valence-corrected chi connectivity index (χ3v) is 11.7. The fourth-order valence-electron chi connectivity index (χ4n) is 8.47. The van der Waals surface area contributed by atoms with Crippen molar-refractivity contribution in [1.82, 2.24) is 20.4 Å². The van der Waals surface area contributed by atoms with Gasteiger partial charge in [0.25, 0.3) is 0 Å². The lowest BCUT2D eigenvalue weighted by atomic mass is 9.89. The molecule has 7 rings (SSSR count). The summed E-state index contributed by atoms with van der Waals surface area (Å²) in [5.41, 5.74) is 6.76. The van der Waals surface area contributed by atoms with Gasteiger partial charge in [-0.05, 0) is 90.8 Å². The van der Waals surface area contributed by atoms with Gasteiger partial charge < -0.3 is 34.9 Å². The standard InChI is InChI=1S/C46H56N4O6/c1-32-42(30-50-24-10-17-40(50)29-49-22-6-7-23-49)55-45(56-43(32)36-20-18-34(31-51)19-21-36)39-16-9-15-38(27-39)37-14-8-13-35(25-37)28-47-46(53)48-41(44(52)54-2)26-33-11-4-3-5-12-33/h3-5,8-9,11-16,18-21,25,27,32,40-43,45,51H,6-7,10,17,22-24,26,28-31H2,1-2H3,(H2,47,48,53)/t32-,40+,41+,42+,43+,45+/m1/s1. The van der Waals surface area contributed by atoms with E-state index in [1.54, 1.807) is 0 Å². The summed E-state index contributed by atoms with van der Waals surface area (Å²) in [5.74, 6) is -0.383. The van der Waals surface area contributed by atoms with Crippen LogP contribution in [0, 0.1) is 5.92 Å². The Morgan fingerprint density at radius 1 is 0.804 bits per heavy atom. The Morgan fingerprint density at radius 3 is 2.29 bits per heavy atom. The first-order valence-electron chi connectivity index (χ1n) is 20.2. The number of urea groups is 1. The van der Waals surface area contributed by atoms with Crippen molar-refractivity contribution in [1.29, 1.82) is 0 Å². The molecule has 0 spiro atoms. The van der Waals surface area contributed by atoms with Crippen LogP contribution in [0.4, 0.5) is 4.79 Å². The van der Waals surface area contributed by atoms with Gasteiger partial charge in [0.2, 0.25) is 0 Å². The third kappa shape index (κ3) is 10.0. The maximum atomic E-state index is 13.0. The van der Waals surface area contributed by atoms with E-state index in [1.165, 1.54) is 45.9 Å². The van der Waals surface area contributed by atoms with Crippen LogP contribution < -0.4 is 10.6 Å². The van der Waals surface area contributed by atoms with E-state index in [0.29, 0.717) is 12.5 Å². The molecule has 0 unspecified atom stereocenters. The van der Waals surface area contributed by atoms with Gasteiger partial charge in [0.15, 0.2) is 6.29 Å². The molecule has 3 fully saturated rings. The number of rotatable bonds is 14. The number of aliphatic hydroxyl groups is 1. The van der Waals surface area contributed by atoms with Crippen LogP contribution in [0.3, 0.4) is 0 Å². The maximum Gasteiger partial charge on any atom is 0.328 e. The number of likely N-dealkylation sites (tertiary alicyclic amines) is 2. The number of nitrogens with zero attached hydrogens (tertiary/aromatic N) is 2. The second-order valence-corrected chi connectivity index (χ2v) is 15.5. The molecule has 2 amide bonds. The number of hydrogen-bond donors (Lipinski definition) is 3. The average molecular weight is 761 g/mol. The minimum absolute atomic E-state index is 0.00491. The number of benzene rings is 4. The summed E-state index contributed by atoms with van der Waals surface area (Å²) in [6.45, 7) is 8.03. The summed E-state index contributed by atoms with van der Waals surface area (Å²) in [6.07, 6.45) is 4.60. The van der Waals surface area contributed by atoms with Gasteiger partial charge in [0.05, 0.1) is 25.9 Å². The summed E-state index contributed by atoms with van der Waals surface area (Å²) in [7, 11) is 1.32. The molecule has 3 aliphatic heterocycles. The Kier molecular flexibility index (Phi) is 13.5. The van der Waals surface area contributed by atoms with E-state index in [9.17, 15) is 14.7 Å². The van der Waals surface area contributed by atoms with Crippen LogP contribution in [0.25, 0.3) is 11.1 Å². The molecule has 6 atom stereocenters. The van der Waals surface area contributed by atoms with Gasteiger partial charge in [-0.1, -0.05) is 97.9 Å². The van der Waals surface area contributed by atoms with Crippen LogP contribution in [0.2, 0.25) is 0 Å². The third-order valence-electron chi connectivity index (χ3n) is 11.7. The number of ether oxygens (including phenoxy) is 3. The quantitative estimate of drug-likeness (QED) is 0.121. The fourth-order valence-corrected chi connectivity index (χ4v) is 8.47. The second kappa shape index (κ2) is 19.0. The SMILES string of the molecule is COC(=O)[C@H](Cc1ccccc1)NC(=O)NCc1cccc(-c2cccc([C@H]3O[C@@H](CN4CCC[C@H]4CN4CCCC4)[C@@H](C)[C@@H](c4ccc(CO)cc4)O3)c2)c1. The van der Waals surface area contributed by atoms with Crippen molar-refractivity contribution < 1.29 is 28.9 Å². The van der Waals surface area contributed by atoms with Crippen LogP contribution in [0.5, 0.6) is 0 Å². The molecule has 3 heterocycles. The van der Waals surface area contributed by atoms with Crippen molar-refractivity contribution in [3.8, 4) is 11.1 Å². The first-order chi connectivity index (χ1) is 27.4. The Morgan fingerprint density at radius 2 is 1.54 bits per heavy atom. The van der Waals surface area contributed by atoms with Crippen LogP contribution in [0.15, 0.2) is 103 Å². The molecule has 3 saturated heterocycles. The van der Waals surface area contributed by atoms with Crippen molar-refractivity contribution in [2.75, 3.05) is 39.8 Å². The molecule has 10 nitrogen and oxygen atoms in total. The van der Waals surface area contributed by atoms with Crippen molar-refractivity contribution in [3.63, 3.8) is 0 Å². The van der Waals surface area contributed by atoms with Crippen LogP contribution in [0.1, 0.15) is 72.8 Å². The smallest absolute Gasteiger partial charge is 0.328 e. The Bertz CT molecular complexity index is 1880. The highest BCUT2D eigenvalue weighted by Gasteiger charge is 2.41. The Labute approximate surface area is 331 Å². The molecule has 0 aliphatic carbocycles. The summed E-state index contributed by atoms with van der Waals surface area (Å²) >= 11 is 0. The highest BCUT2D eigenvalue weighted by atomic mass is 16.7. The molecular formula is C46H56N4O6. The van der Waals surface area contributed by atoms with E-state index in [1.807, 2.05) is 60.7 Å². The number of carbonyl (C=O) groups is 2. The van der Waals surface area contributed by atoms with Crippen LogP contribution >= 0.6 is 0 Å². The minimum atomic E-state index is -0.811. The number of nitrogens with one attached hydrogen (secondary N) is 2. The molecule has 10 heteroatoms. The zero-order valence-corrected chi connectivity index (χ0v) is 32.6. The predicted molar refractivity (Wildman–Crippen MR) is 216 cm³/mol. The highest BCUT2D eigenvalue weighted by Crippen LogP contribution is 2.43. The first kappa shape index (κ1) is 39.6. The van der Waals surface area contributed by atoms with Gasteiger partial charge >= 0.3 is 12.0 Å². The van der Waals surface area contributed by atoms with Gasteiger partial charge in [-0.25, -0.2) is 9.59 Å². The van der Waals surface area contributed by atoms with Crippen molar-refractivity contribution in [3.05, 3.63) is 131 Å². The predicted octanol–water partition coefficient (Wildman–Crippen LogP) is 6.78. The van der Waals surface area contributed by atoms with Crippen LogP contribution in [-0.2, 0) is 38.6 Å². The summed E-state index contributed by atoms with van der Waals surface area (Å²) < 4.78 is 18.7. The second-order valence-electron chi connectivity index (χ2n) is 15.5. The monoisotopic (exact) mass is 760 g/mol. The van der Waals surface area contributed by atoms with Crippen molar-refractivity contribution in [2.45, 2.75) is 82.8 Å². The Hall–Kier alpha value is -4.58. The molecule has 4 aromatic rings. The molecule has 0 saturated carbocycles. The minimum Gasteiger partial charge on any atom is -0.467 e. The summed E-state index contributed by atoms with van der Waals surface area (Å²) in [4.78, 5) is 30.7. The summed E-state index contributed by atoms with van der Waals surface area (Å²) in [6, 6.07) is 33.3. The normalized spacial score (nSPS) is 23.4. The molecule has 0 aromatic heterocycles. The van der Waals surface area contributed by atoms with E-state index in [0.717, 1.165) is 58.6 Å². The lowest BCUT2D eigenvalue weighted by Gasteiger charge is -2.43. The highest BCUT2D eigenvalue weighted by molar-refractivity contribution is 5.83. The molecule has 56 heavy (non-hydrogen) atoms. The maximum absolute atomic E-state index is 13.0. The molecule has 0 bridgehead atoms. The van der Waals surface area contributed by atoms with Gasteiger partial charge in [-0.3, -0.25) is 4.90 Å². The number of hydrogen-bond acceptors (Lipinski definition) is 8. The van der Waals surface area contributed by atoms with Gasteiger partial charge in [-0.2, -0.15) is 0 Å². The Balaban J connectivity index is 1.05. The molecule has 3 N–H and O–H groups in total. The number of methoxy groups -OCH3 is 1. The zero-order valence-electron chi connectivity index (χ0n) is 32.6. The van der Waals surface area contributed by atoms with E-state index >= 15 is 0 Å².